The average molecular weight is 759 g/mol. The van der Waals surface area contributed by atoms with Crippen LogP contribution in [0.25, 0.3) is 0 Å². The van der Waals surface area contributed by atoms with Gasteiger partial charge in [0.2, 0.25) is 29.1 Å². The van der Waals surface area contributed by atoms with E-state index in [1.807, 2.05) is 58.0 Å². The van der Waals surface area contributed by atoms with Gasteiger partial charge < -0.3 is 31.2 Å². The molecule has 0 spiro atoms. The van der Waals surface area contributed by atoms with Crippen molar-refractivity contribution in [2.45, 2.75) is 129 Å². The van der Waals surface area contributed by atoms with Gasteiger partial charge in [0.05, 0.1) is 12.1 Å². The molecule has 13 heteroatoms. The van der Waals surface area contributed by atoms with Crippen LogP contribution in [0.2, 0.25) is 0 Å². The first-order valence-electron chi connectivity index (χ1n) is 20.0. The number of pyridine rings is 1. The molecule has 2 heterocycles. The van der Waals surface area contributed by atoms with E-state index >= 15 is 0 Å². The minimum absolute atomic E-state index is 0.0325. The van der Waals surface area contributed by atoms with Crippen molar-refractivity contribution in [1.82, 2.24) is 31.2 Å². The van der Waals surface area contributed by atoms with Gasteiger partial charge in [-0.1, -0.05) is 96.2 Å². The molecular formula is C42H58N6O7. The van der Waals surface area contributed by atoms with Crippen LogP contribution in [0.4, 0.5) is 0 Å². The first-order chi connectivity index (χ1) is 26.2. The number of nitrogens with one attached hydrogen (secondary N) is 5. The summed E-state index contributed by atoms with van der Waals surface area (Å²) in [5.74, 6) is -3.75. The number of carbonyl (C=O) groups excluding carboxylic acids is 6. The van der Waals surface area contributed by atoms with Gasteiger partial charge in [0, 0.05) is 12.6 Å². The Morgan fingerprint density at radius 2 is 1.55 bits per heavy atom. The van der Waals surface area contributed by atoms with Crippen LogP contribution < -0.4 is 26.8 Å². The summed E-state index contributed by atoms with van der Waals surface area (Å²) in [7, 11) is 0. The number of benzene rings is 1. The fraction of sp³-hybridized carbons (Fsp3) is 0.595. The van der Waals surface area contributed by atoms with Crippen molar-refractivity contribution in [3.05, 3.63) is 70.1 Å². The van der Waals surface area contributed by atoms with Crippen LogP contribution in [0.3, 0.4) is 0 Å². The van der Waals surface area contributed by atoms with Crippen LogP contribution in [-0.2, 0) is 24.0 Å². The largest absolute Gasteiger partial charge is 0.344 e. The minimum atomic E-state index is -1.07. The highest BCUT2D eigenvalue weighted by atomic mass is 16.2. The number of aromatic amines is 1. The Hall–Kier alpha value is -4.81. The van der Waals surface area contributed by atoms with Crippen molar-refractivity contribution >= 4 is 35.3 Å². The lowest BCUT2D eigenvalue weighted by molar-refractivity contribution is -0.146. The zero-order chi connectivity index (χ0) is 39.9. The van der Waals surface area contributed by atoms with E-state index in [4.69, 9.17) is 0 Å². The van der Waals surface area contributed by atoms with Gasteiger partial charge in [-0.3, -0.25) is 33.6 Å². The predicted molar refractivity (Wildman–Crippen MR) is 207 cm³/mol. The number of amides is 5. The number of fused-ring (bicyclic) bond motifs is 1. The summed E-state index contributed by atoms with van der Waals surface area (Å²) in [4.78, 5) is 99.3. The lowest BCUT2D eigenvalue weighted by Crippen LogP contribution is -2.62. The summed E-state index contributed by atoms with van der Waals surface area (Å²) in [5, 5.41) is 11.5. The number of hydrogen-bond acceptors (Lipinski definition) is 7. The zero-order valence-electron chi connectivity index (χ0n) is 32.8. The van der Waals surface area contributed by atoms with E-state index in [1.54, 1.807) is 11.8 Å². The van der Waals surface area contributed by atoms with Crippen molar-refractivity contribution in [3.63, 3.8) is 0 Å². The highest BCUT2D eigenvalue weighted by molar-refractivity contribution is 6.38. The molecular weight excluding hydrogens is 700 g/mol. The van der Waals surface area contributed by atoms with E-state index in [9.17, 15) is 33.6 Å². The monoisotopic (exact) mass is 758 g/mol. The first-order valence-corrected chi connectivity index (χ1v) is 20.0. The average Bonchev–Trinajstić information content (AvgIpc) is 3.77. The van der Waals surface area contributed by atoms with Crippen LogP contribution >= 0.6 is 0 Å². The second-order valence-corrected chi connectivity index (χ2v) is 16.7. The fourth-order valence-electron chi connectivity index (χ4n) is 8.64. The Labute approximate surface area is 323 Å². The zero-order valence-corrected chi connectivity index (χ0v) is 32.8. The summed E-state index contributed by atoms with van der Waals surface area (Å²) < 4.78 is 0. The molecule has 298 valence electrons. The molecule has 2 aromatic rings. The van der Waals surface area contributed by atoms with Gasteiger partial charge >= 0.3 is 0 Å². The maximum atomic E-state index is 14.7. The second-order valence-electron chi connectivity index (χ2n) is 16.7. The summed E-state index contributed by atoms with van der Waals surface area (Å²) >= 11 is 0. The molecule has 13 nitrogen and oxygen atoms in total. The third-order valence-electron chi connectivity index (χ3n) is 11.6. The van der Waals surface area contributed by atoms with Crippen molar-refractivity contribution in [2.75, 3.05) is 6.54 Å². The molecule has 0 bridgehead atoms. The predicted octanol–water partition coefficient (Wildman–Crippen LogP) is 3.94. The highest BCUT2D eigenvalue weighted by Gasteiger charge is 2.52. The molecule has 2 aliphatic carbocycles. The molecule has 1 unspecified atom stereocenters. The Morgan fingerprint density at radius 1 is 0.836 bits per heavy atom. The summed E-state index contributed by atoms with van der Waals surface area (Å²) in [6.07, 6.45) is 7.54. The van der Waals surface area contributed by atoms with Crippen LogP contribution in [0.15, 0.2) is 53.3 Å². The number of carbonyl (C=O) groups is 6. The maximum absolute atomic E-state index is 14.7. The Kier molecular flexibility index (Phi) is 13.7. The minimum Gasteiger partial charge on any atom is -0.344 e. The molecule has 2 saturated carbocycles. The molecule has 5 amide bonds. The standard InChI is InChI=1S/C42H58N6O7/c1-6-15-30(35(50)40(54)43-25(2)26-16-9-7-10-17-26)45-39(53)34-29-21-13-20-28(29)24-48(34)41(55)36(42(3,4)5)47-38(52)33(27-18-11-8-12-19-27)46-37(51)31-22-14-23-32(49)44-31/h7,9-10,14,16-17,22-23,25,27-30,33-34,36H,6,8,11-13,15,18-21,24H2,1-5H3,(H,43,54)(H,44,49)(H,45,53)(H,46,51)(H,47,52)/t25-,28?,29-,30-,33-,34-,36+/m0/s1. The number of rotatable bonds is 14. The normalized spacial score (nSPS) is 22.1. The third kappa shape index (κ3) is 10.1. The van der Waals surface area contributed by atoms with Gasteiger partial charge in [0.25, 0.3) is 11.8 Å². The first kappa shape index (κ1) is 41.4. The van der Waals surface area contributed by atoms with E-state index in [1.165, 1.54) is 18.2 Å². The summed E-state index contributed by atoms with van der Waals surface area (Å²) in [5.41, 5.74) is -0.353. The number of nitrogens with zero attached hydrogens (tertiary/aromatic N) is 1. The van der Waals surface area contributed by atoms with Gasteiger partial charge in [0.15, 0.2) is 0 Å². The van der Waals surface area contributed by atoms with E-state index < -0.39 is 76.5 Å². The summed E-state index contributed by atoms with van der Waals surface area (Å²) in [6, 6.07) is 9.14. The molecule has 1 aromatic heterocycles. The number of hydrogen-bond donors (Lipinski definition) is 5. The van der Waals surface area contributed by atoms with Crippen molar-refractivity contribution in [1.29, 1.82) is 0 Å². The third-order valence-corrected chi connectivity index (χ3v) is 11.6. The van der Waals surface area contributed by atoms with Crippen molar-refractivity contribution in [3.8, 4) is 0 Å². The van der Waals surface area contributed by atoms with Crippen LogP contribution in [0, 0.1) is 23.2 Å². The number of Topliss-reactive ketones (excluding diaryl/α,β-unsaturated/α-hetero) is 1. The molecule has 1 aliphatic heterocycles. The Morgan fingerprint density at radius 3 is 2.20 bits per heavy atom. The fourth-order valence-corrected chi connectivity index (χ4v) is 8.64. The molecule has 1 aromatic carbocycles. The number of aromatic nitrogens is 1. The smallest absolute Gasteiger partial charge is 0.290 e. The van der Waals surface area contributed by atoms with E-state index in [0.29, 0.717) is 13.0 Å². The lowest BCUT2D eigenvalue weighted by Gasteiger charge is -2.38. The SMILES string of the molecule is CCC[C@H](NC(=O)[C@@H]1[C@H]2CCCC2CN1C(=O)[C@@H](NC(=O)[C@@H](NC(=O)c1cccc(=O)[nH]1)C1CCCCC1)C(C)(C)C)C(=O)C(=O)N[C@@H](C)c1ccccc1. The van der Waals surface area contributed by atoms with Crippen molar-refractivity contribution < 1.29 is 28.8 Å². The quantitative estimate of drug-likeness (QED) is 0.181. The molecule has 5 rings (SSSR count). The second kappa shape index (κ2) is 18.2. The molecule has 3 fully saturated rings. The van der Waals surface area contributed by atoms with Gasteiger partial charge in [-0.15, -0.1) is 0 Å². The Balaban J connectivity index is 1.35. The number of H-pyrrole nitrogens is 1. The Bertz CT molecular complexity index is 1760. The lowest BCUT2D eigenvalue weighted by atomic mass is 9.82. The highest BCUT2D eigenvalue weighted by Crippen LogP contribution is 2.43. The summed E-state index contributed by atoms with van der Waals surface area (Å²) in [6.45, 7) is 9.52. The van der Waals surface area contributed by atoms with E-state index in [-0.39, 0.29) is 29.9 Å². The molecule has 0 radical (unpaired) electrons. The molecule has 55 heavy (non-hydrogen) atoms. The van der Waals surface area contributed by atoms with Gasteiger partial charge in [-0.2, -0.15) is 0 Å². The number of ketones is 1. The maximum Gasteiger partial charge on any atom is 0.290 e. The van der Waals surface area contributed by atoms with Crippen molar-refractivity contribution in [2.24, 2.45) is 23.2 Å². The molecule has 7 atom stereocenters. The van der Waals surface area contributed by atoms with Gasteiger partial charge in [-0.25, -0.2) is 0 Å². The van der Waals surface area contributed by atoms with Crippen LogP contribution in [0.5, 0.6) is 0 Å². The molecule has 3 aliphatic rings. The van der Waals surface area contributed by atoms with E-state index in [2.05, 4.69) is 26.3 Å². The number of likely N-dealkylation sites (tertiary alicyclic amines) is 1. The van der Waals surface area contributed by atoms with Gasteiger partial charge in [-0.05, 0) is 73.8 Å². The van der Waals surface area contributed by atoms with Crippen LogP contribution in [-0.4, -0.2) is 75.9 Å². The molecule has 5 N–H and O–H groups in total. The van der Waals surface area contributed by atoms with E-state index in [0.717, 1.165) is 56.9 Å². The van der Waals surface area contributed by atoms with Gasteiger partial charge in [0.1, 0.15) is 23.8 Å². The van der Waals surface area contributed by atoms with Crippen LogP contribution in [0.1, 0.15) is 121 Å². The molecule has 1 saturated heterocycles. The topological polar surface area (TPSA) is 187 Å².